The van der Waals surface area contributed by atoms with Crippen LogP contribution in [0.2, 0.25) is 0 Å². The van der Waals surface area contributed by atoms with E-state index in [0.29, 0.717) is 16.7 Å². The van der Waals surface area contributed by atoms with E-state index in [1.165, 1.54) is 24.3 Å². The molecule has 3 aromatic carbocycles. The Morgan fingerprint density at radius 1 is 0.889 bits per heavy atom. The molecule has 0 bridgehead atoms. The fourth-order valence-corrected chi connectivity index (χ4v) is 2.62. The summed E-state index contributed by atoms with van der Waals surface area (Å²) >= 11 is 0. The number of hydrogen-bond acceptors (Lipinski definition) is 4. The van der Waals surface area contributed by atoms with Gasteiger partial charge in [0.2, 0.25) is 5.91 Å². The molecule has 3 rings (SSSR count). The van der Waals surface area contributed by atoms with Crippen molar-refractivity contribution in [3.63, 3.8) is 0 Å². The zero-order valence-corrected chi connectivity index (χ0v) is 14.4. The van der Waals surface area contributed by atoms with Crippen molar-refractivity contribution in [2.24, 2.45) is 5.73 Å². The Hall–Kier alpha value is -3.91. The number of carbonyl (C=O) groups is 2. The fraction of sp³-hybridized carbons (Fsp3) is 0.0455. The lowest BCUT2D eigenvalue weighted by Gasteiger charge is -2.08. The van der Waals surface area contributed by atoms with E-state index in [-0.39, 0.29) is 6.61 Å². The Labute approximate surface area is 156 Å². The molecule has 0 saturated carbocycles. The highest BCUT2D eigenvalue weighted by atomic mass is 16.5. The molecule has 5 nitrogen and oxygen atoms in total. The molecule has 1 amide bonds. The van der Waals surface area contributed by atoms with Gasteiger partial charge in [0, 0.05) is 5.56 Å². The van der Waals surface area contributed by atoms with Crippen LogP contribution in [0.25, 0.3) is 11.1 Å². The van der Waals surface area contributed by atoms with Gasteiger partial charge in [0.25, 0.3) is 0 Å². The first-order valence-electron chi connectivity index (χ1n) is 8.24. The SMILES string of the molecule is N#Cc1ccccc1-c1ccc(COC(=O)c2ccc(C(N)=O)cc2)cc1. The first-order chi connectivity index (χ1) is 13.1. The fourth-order valence-electron chi connectivity index (χ4n) is 2.62. The van der Waals surface area contributed by atoms with Gasteiger partial charge in [-0.05, 0) is 47.0 Å². The molecule has 0 unspecified atom stereocenters. The van der Waals surface area contributed by atoms with Crippen LogP contribution in [-0.4, -0.2) is 11.9 Å². The van der Waals surface area contributed by atoms with Gasteiger partial charge in [-0.25, -0.2) is 4.79 Å². The molecule has 0 aromatic heterocycles. The molecule has 0 aliphatic rings. The number of amides is 1. The topological polar surface area (TPSA) is 93.2 Å². The van der Waals surface area contributed by atoms with Gasteiger partial charge in [0.15, 0.2) is 0 Å². The van der Waals surface area contributed by atoms with E-state index >= 15 is 0 Å². The van der Waals surface area contributed by atoms with Gasteiger partial charge >= 0.3 is 5.97 Å². The third-order valence-electron chi connectivity index (χ3n) is 4.09. The van der Waals surface area contributed by atoms with Crippen molar-refractivity contribution >= 4 is 11.9 Å². The second-order valence-electron chi connectivity index (χ2n) is 5.87. The number of ether oxygens (including phenoxy) is 1. The van der Waals surface area contributed by atoms with E-state index in [0.717, 1.165) is 16.7 Å². The number of esters is 1. The molecule has 0 fully saturated rings. The van der Waals surface area contributed by atoms with Crippen LogP contribution in [0.1, 0.15) is 31.8 Å². The molecule has 132 valence electrons. The number of nitrogens with zero attached hydrogens (tertiary/aromatic N) is 1. The zero-order chi connectivity index (χ0) is 19.2. The van der Waals surface area contributed by atoms with Crippen molar-refractivity contribution in [1.82, 2.24) is 0 Å². The lowest BCUT2D eigenvalue weighted by Crippen LogP contribution is -2.11. The van der Waals surface area contributed by atoms with Gasteiger partial charge in [-0.3, -0.25) is 4.79 Å². The maximum absolute atomic E-state index is 12.1. The van der Waals surface area contributed by atoms with Crippen molar-refractivity contribution in [3.8, 4) is 17.2 Å². The normalized spacial score (nSPS) is 10.0. The summed E-state index contributed by atoms with van der Waals surface area (Å²) in [5, 5.41) is 9.20. The van der Waals surface area contributed by atoms with E-state index < -0.39 is 11.9 Å². The number of nitrogens with two attached hydrogens (primary N) is 1. The Morgan fingerprint density at radius 2 is 1.52 bits per heavy atom. The number of benzene rings is 3. The Morgan fingerprint density at radius 3 is 2.15 bits per heavy atom. The lowest BCUT2D eigenvalue weighted by molar-refractivity contribution is 0.0472. The average molecular weight is 356 g/mol. The summed E-state index contributed by atoms with van der Waals surface area (Å²) in [7, 11) is 0. The number of rotatable bonds is 5. The molecule has 0 atom stereocenters. The van der Waals surface area contributed by atoms with Gasteiger partial charge in [-0.15, -0.1) is 0 Å². The number of hydrogen-bond donors (Lipinski definition) is 1. The highest BCUT2D eigenvalue weighted by molar-refractivity contribution is 5.95. The van der Waals surface area contributed by atoms with Crippen LogP contribution in [0.15, 0.2) is 72.8 Å². The summed E-state index contributed by atoms with van der Waals surface area (Å²) in [4.78, 5) is 23.1. The van der Waals surface area contributed by atoms with E-state index in [1.54, 1.807) is 6.07 Å². The van der Waals surface area contributed by atoms with Crippen molar-refractivity contribution in [2.75, 3.05) is 0 Å². The molecule has 3 aromatic rings. The zero-order valence-electron chi connectivity index (χ0n) is 14.4. The Bertz CT molecular complexity index is 1020. The third kappa shape index (κ3) is 4.20. The van der Waals surface area contributed by atoms with Gasteiger partial charge in [-0.2, -0.15) is 5.26 Å². The lowest BCUT2D eigenvalue weighted by atomic mass is 9.99. The molecule has 5 heteroatoms. The van der Waals surface area contributed by atoms with Crippen LogP contribution in [0.4, 0.5) is 0 Å². The van der Waals surface area contributed by atoms with E-state index in [1.807, 2.05) is 42.5 Å². The van der Waals surface area contributed by atoms with Gasteiger partial charge in [0.1, 0.15) is 6.61 Å². The van der Waals surface area contributed by atoms with E-state index in [4.69, 9.17) is 10.5 Å². The standard InChI is InChI=1S/C22H16N2O3/c23-13-19-3-1-2-4-20(19)16-7-5-15(6-8-16)14-27-22(26)18-11-9-17(10-12-18)21(24)25/h1-12H,14H2,(H2,24,25). The van der Waals surface area contributed by atoms with Crippen LogP contribution < -0.4 is 5.73 Å². The summed E-state index contributed by atoms with van der Waals surface area (Å²) in [5.74, 6) is -1.03. The quantitative estimate of drug-likeness (QED) is 0.706. The van der Waals surface area contributed by atoms with Crippen molar-refractivity contribution in [3.05, 3.63) is 95.1 Å². The minimum absolute atomic E-state index is 0.122. The highest BCUT2D eigenvalue weighted by Crippen LogP contribution is 2.23. The monoisotopic (exact) mass is 356 g/mol. The van der Waals surface area contributed by atoms with E-state index in [9.17, 15) is 14.9 Å². The van der Waals surface area contributed by atoms with Gasteiger partial charge < -0.3 is 10.5 Å². The molecule has 0 heterocycles. The maximum Gasteiger partial charge on any atom is 0.338 e. The molecule has 27 heavy (non-hydrogen) atoms. The Kier molecular flexibility index (Phi) is 5.29. The second kappa shape index (κ2) is 7.98. The summed E-state index contributed by atoms with van der Waals surface area (Å²) in [6.07, 6.45) is 0. The predicted molar refractivity (Wildman–Crippen MR) is 101 cm³/mol. The smallest absolute Gasteiger partial charge is 0.338 e. The molecule has 0 radical (unpaired) electrons. The summed E-state index contributed by atoms with van der Waals surface area (Å²) in [5.41, 5.74) is 9.07. The largest absolute Gasteiger partial charge is 0.457 e. The molecular formula is C22H16N2O3. The molecule has 0 aliphatic carbocycles. The van der Waals surface area contributed by atoms with Crippen LogP contribution >= 0.6 is 0 Å². The Balaban J connectivity index is 1.66. The average Bonchev–Trinajstić information content (AvgIpc) is 2.72. The molecule has 2 N–H and O–H groups in total. The highest BCUT2D eigenvalue weighted by Gasteiger charge is 2.09. The van der Waals surface area contributed by atoms with Crippen LogP contribution in [-0.2, 0) is 11.3 Å². The van der Waals surface area contributed by atoms with E-state index in [2.05, 4.69) is 6.07 Å². The third-order valence-corrected chi connectivity index (χ3v) is 4.09. The number of nitriles is 1. The van der Waals surface area contributed by atoms with Crippen LogP contribution in [0.3, 0.4) is 0 Å². The first-order valence-corrected chi connectivity index (χ1v) is 8.24. The summed E-state index contributed by atoms with van der Waals surface area (Å²) in [6.45, 7) is 0.122. The van der Waals surface area contributed by atoms with Crippen LogP contribution in [0, 0.1) is 11.3 Å². The second-order valence-corrected chi connectivity index (χ2v) is 5.87. The molecule has 0 saturated heterocycles. The van der Waals surface area contributed by atoms with Gasteiger partial charge in [0.05, 0.1) is 17.2 Å². The number of primary amides is 1. The number of carbonyl (C=O) groups excluding carboxylic acids is 2. The first kappa shape index (κ1) is 17.9. The molecule has 0 spiro atoms. The minimum Gasteiger partial charge on any atom is -0.457 e. The summed E-state index contributed by atoms with van der Waals surface area (Å²) in [6, 6.07) is 23.0. The van der Waals surface area contributed by atoms with Crippen LogP contribution in [0.5, 0.6) is 0 Å². The van der Waals surface area contributed by atoms with Crippen molar-refractivity contribution in [1.29, 1.82) is 5.26 Å². The van der Waals surface area contributed by atoms with Crippen molar-refractivity contribution in [2.45, 2.75) is 6.61 Å². The summed E-state index contributed by atoms with van der Waals surface area (Å²) < 4.78 is 5.30. The predicted octanol–water partition coefficient (Wildman–Crippen LogP) is 3.68. The van der Waals surface area contributed by atoms with Crippen molar-refractivity contribution < 1.29 is 14.3 Å². The maximum atomic E-state index is 12.1. The molecule has 0 aliphatic heterocycles. The molecular weight excluding hydrogens is 340 g/mol. The minimum atomic E-state index is -0.548. The van der Waals surface area contributed by atoms with Gasteiger partial charge in [-0.1, -0.05) is 42.5 Å².